The average molecular weight is 180 g/mol. The van der Waals surface area contributed by atoms with Crippen LogP contribution >= 0.6 is 0 Å². The Morgan fingerprint density at radius 3 is 2.92 bits per heavy atom. The summed E-state index contributed by atoms with van der Waals surface area (Å²) in [6, 6.07) is 0.878. The van der Waals surface area contributed by atoms with Crippen LogP contribution in [0, 0.1) is 0 Å². The molecule has 72 valence electrons. The number of rotatable bonds is 1. The maximum absolute atomic E-state index is 11.6. The summed E-state index contributed by atoms with van der Waals surface area (Å²) in [6.45, 7) is 5.55. The van der Waals surface area contributed by atoms with Gasteiger partial charge in [-0.2, -0.15) is 0 Å². The van der Waals surface area contributed by atoms with Gasteiger partial charge in [0.05, 0.1) is 0 Å². The van der Waals surface area contributed by atoms with Gasteiger partial charge >= 0.3 is 0 Å². The van der Waals surface area contributed by atoms with E-state index in [-0.39, 0.29) is 5.91 Å². The smallest absolute Gasteiger partial charge is 0.246 e. The maximum atomic E-state index is 11.6. The first-order chi connectivity index (χ1) is 6.33. The number of hydrogen-bond donors (Lipinski definition) is 1. The SMILES string of the molecule is C=CC(=O)N1[C@H]2CCNC[C@@H]1CC2. The standard InChI is InChI=1S/C10H16N2O/c1-2-10(13)12-8-3-4-9(12)7-11-6-5-8/h2,8-9,11H,1,3-7H2/t8-,9+/m1/s1. The normalized spacial score (nSPS) is 32.8. The van der Waals surface area contributed by atoms with Crippen molar-refractivity contribution in [3.05, 3.63) is 12.7 Å². The van der Waals surface area contributed by atoms with Gasteiger partial charge in [0.2, 0.25) is 5.91 Å². The summed E-state index contributed by atoms with van der Waals surface area (Å²) in [6.07, 6.45) is 4.86. The molecule has 1 N–H and O–H groups in total. The van der Waals surface area contributed by atoms with E-state index in [9.17, 15) is 4.79 Å². The summed E-state index contributed by atoms with van der Waals surface area (Å²) in [7, 11) is 0. The van der Waals surface area contributed by atoms with E-state index in [1.54, 1.807) is 0 Å². The van der Waals surface area contributed by atoms with Crippen molar-refractivity contribution in [3.63, 3.8) is 0 Å². The number of nitrogens with zero attached hydrogens (tertiary/aromatic N) is 1. The van der Waals surface area contributed by atoms with Crippen molar-refractivity contribution in [2.75, 3.05) is 13.1 Å². The van der Waals surface area contributed by atoms with Crippen LogP contribution < -0.4 is 5.32 Å². The van der Waals surface area contributed by atoms with Crippen molar-refractivity contribution in [2.45, 2.75) is 31.3 Å². The Labute approximate surface area is 78.8 Å². The van der Waals surface area contributed by atoms with E-state index in [0.29, 0.717) is 12.1 Å². The summed E-state index contributed by atoms with van der Waals surface area (Å²) in [4.78, 5) is 13.6. The fraction of sp³-hybridized carbons (Fsp3) is 0.700. The molecule has 13 heavy (non-hydrogen) atoms. The van der Waals surface area contributed by atoms with E-state index in [0.717, 1.165) is 25.9 Å². The zero-order chi connectivity index (χ0) is 9.26. The Bertz CT molecular complexity index is 213. The van der Waals surface area contributed by atoms with E-state index in [1.165, 1.54) is 12.5 Å². The lowest BCUT2D eigenvalue weighted by Gasteiger charge is -2.26. The van der Waals surface area contributed by atoms with Gasteiger partial charge in [-0.25, -0.2) is 0 Å². The Hall–Kier alpha value is -0.830. The molecule has 2 rings (SSSR count). The molecular weight excluding hydrogens is 164 g/mol. The van der Waals surface area contributed by atoms with Gasteiger partial charge < -0.3 is 10.2 Å². The topological polar surface area (TPSA) is 32.3 Å². The zero-order valence-electron chi connectivity index (χ0n) is 7.83. The molecule has 0 unspecified atom stereocenters. The summed E-state index contributed by atoms with van der Waals surface area (Å²) in [5.41, 5.74) is 0. The minimum atomic E-state index is 0.108. The Morgan fingerprint density at radius 1 is 1.38 bits per heavy atom. The predicted octanol–water partition coefficient (Wildman–Crippen LogP) is 0.525. The second-order valence-electron chi connectivity index (χ2n) is 3.83. The molecule has 2 aliphatic rings. The van der Waals surface area contributed by atoms with Crippen LogP contribution in [-0.2, 0) is 4.79 Å². The summed E-state index contributed by atoms with van der Waals surface area (Å²) < 4.78 is 0. The lowest BCUT2D eigenvalue weighted by atomic mass is 10.1. The number of fused-ring (bicyclic) bond motifs is 2. The molecule has 0 radical (unpaired) electrons. The zero-order valence-corrected chi connectivity index (χ0v) is 7.83. The second-order valence-corrected chi connectivity index (χ2v) is 3.83. The first-order valence-electron chi connectivity index (χ1n) is 4.98. The molecule has 0 aromatic carbocycles. The van der Waals surface area contributed by atoms with Crippen molar-refractivity contribution in [2.24, 2.45) is 0 Å². The monoisotopic (exact) mass is 180 g/mol. The van der Waals surface area contributed by atoms with Gasteiger partial charge in [-0.3, -0.25) is 4.79 Å². The molecule has 3 nitrogen and oxygen atoms in total. The van der Waals surface area contributed by atoms with Crippen LogP contribution in [0.5, 0.6) is 0 Å². The molecule has 2 aliphatic heterocycles. The van der Waals surface area contributed by atoms with Crippen LogP contribution in [0.4, 0.5) is 0 Å². The molecule has 2 heterocycles. The van der Waals surface area contributed by atoms with E-state index >= 15 is 0 Å². The van der Waals surface area contributed by atoms with Crippen LogP contribution in [0.25, 0.3) is 0 Å². The molecule has 2 atom stereocenters. The van der Waals surface area contributed by atoms with Gasteiger partial charge in [0.15, 0.2) is 0 Å². The fourth-order valence-electron chi connectivity index (χ4n) is 2.45. The Kier molecular flexibility index (Phi) is 2.36. The minimum absolute atomic E-state index is 0.108. The number of amides is 1. The molecule has 0 saturated carbocycles. The van der Waals surface area contributed by atoms with Gasteiger partial charge in [-0.15, -0.1) is 0 Å². The predicted molar refractivity (Wildman–Crippen MR) is 51.3 cm³/mol. The van der Waals surface area contributed by atoms with Crippen molar-refractivity contribution in [3.8, 4) is 0 Å². The van der Waals surface area contributed by atoms with Crippen LogP contribution in [0.2, 0.25) is 0 Å². The molecule has 3 heteroatoms. The Morgan fingerprint density at radius 2 is 2.15 bits per heavy atom. The van der Waals surface area contributed by atoms with E-state index in [1.807, 2.05) is 4.90 Å². The quantitative estimate of drug-likeness (QED) is 0.597. The largest absolute Gasteiger partial charge is 0.332 e. The fourth-order valence-corrected chi connectivity index (χ4v) is 2.45. The average Bonchev–Trinajstić information content (AvgIpc) is 2.38. The molecule has 2 saturated heterocycles. The van der Waals surface area contributed by atoms with Gasteiger partial charge in [-0.1, -0.05) is 6.58 Å². The van der Waals surface area contributed by atoms with Crippen LogP contribution in [0.1, 0.15) is 19.3 Å². The number of nitrogens with one attached hydrogen (secondary N) is 1. The van der Waals surface area contributed by atoms with Crippen LogP contribution in [-0.4, -0.2) is 36.0 Å². The first kappa shape index (κ1) is 8.75. The van der Waals surface area contributed by atoms with Crippen LogP contribution in [0.3, 0.4) is 0 Å². The molecule has 2 fully saturated rings. The van der Waals surface area contributed by atoms with Crippen molar-refractivity contribution < 1.29 is 4.79 Å². The third kappa shape index (κ3) is 1.48. The van der Waals surface area contributed by atoms with Crippen molar-refractivity contribution in [1.29, 1.82) is 0 Å². The van der Waals surface area contributed by atoms with Crippen molar-refractivity contribution in [1.82, 2.24) is 10.2 Å². The number of carbonyl (C=O) groups is 1. The van der Waals surface area contributed by atoms with Crippen LogP contribution in [0.15, 0.2) is 12.7 Å². The molecule has 2 bridgehead atoms. The lowest BCUT2D eigenvalue weighted by Crippen LogP contribution is -2.41. The highest BCUT2D eigenvalue weighted by Crippen LogP contribution is 2.27. The van der Waals surface area contributed by atoms with E-state index in [4.69, 9.17) is 0 Å². The molecule has 0 aliphatic carbocycles. The summed E-state index contributed by atoms with van der Waals surface area (Å²) in [5, 5.41) is 3.36. The van der Waals surface area contributed by atoms with Crippen molar-refractivity contribution >= 4 is 5.91 Å². The lowest BCUT2D eigenvalue weighted by molar-refractivity contribution is -0.128. The van der Waals surface area contributed by atoms with Gasteiger partial charge in [0, 0.05) is 18.6 Å². The minimum Gasteiger partial charge on any atom is -0.332 e. The molecule has 1 amide bonds. The third-order valence-electron chi connectivity index (χ3n) is 3.08. The highest BCUT2D eigenvalue weighted by atomic mass is 16.2. The van der Waals surface area contributed by atoms with E-state index < -0.39 is 0 Å². The Balaban J connectivity index is 2.15. The van der Waals surface area contributed by atoms with Gasteiger partial charge in [-0.05, 0) is 31.9 Å². The second kappa shape index (κ2) is 3.50. The molecule has 0 spiro atoms. The molecular formula is C10H16N2O. The highest BCUT2D eigenvalue weighted by Gasteiger charge is 2.36. The van der Waals surface area contributed by atoms with Gasteiger partial charge in [0.25, 0.3) is 0 Å². The maximum Gasteiger partial charge on any atom is 0.246 e. The third-order valence-corrected chi connectivity index (χ3v) is 3.08. The first-order valence-corrected chi connectivity index (χ1v) is 4.98. The highest BCUT2D eigenvalue weighted by molar-refractivity contribution is 5.87. The summed E-state index contributed by atoms with van der Waals surface area (Å²) >= 11 is 0. The number of carbonyl (C=O) groups excluding carboxylic acids is 1. The molecule has 0 aromatic heterocycles. The van der Waals surface area contributed by atoms with Gasteiger partial charge in [0.1, 0.15) is 0 Å². The van der Waals surface area contributed by atoms with E-state index in [2.05, 4.69) is 11.9 Å². The number of hydrogen-bond acceptors (Lipinski definition) is 2. The molecule has 0 aromatic rings. The summed E-state index contributed by atoms with van der Waals surface area (Å²) in [5.74, 6) is 0.108.